The Kier molecular flexibility index (Phi) is 26.0. The van der Waals surface area contributed by atoms with Crippen LogP contribution in [0.5, 0.6) is 0 Å². The van der Waals surface area contributed by atoms with Gasteiger partial charge in [0.1, 0.15) is 0 Å². The molecule has 0 aromatic heterocycles. The lowest BCUT2D eigenvalue weighted by atomic mass is 10.1. The molecule has 0 aliphatic heterocycles. The van der Waals surface area contributed by atoms with Crippen LogP contribution in [0.15, 0.2) is 24.3 Å². The van der Waals surface area contributed by atoms with Crippen molar-refractivity contribution < 1.29 is 9.59 Å². The maximum atomic E-state index is 12.9. The number of hydrogen-bond donors (Lipinski definition) is 2. The molecule has 0 fully saturated rings. The molecule has 0 atom stereocenters. The highest BCUT2D eigenvalue weighted by molar-refractivity contribution is 6.07. The fourth-order valence-electron chi connectivity index (χ4n) is 5.75. The Labute approximate surface area is 272 Å². The molecule has 1 aromatic carbocycles. The molecule has 0 aliphatic carbocycles. The van der Waals surface area contributed by atoms with E-state index in [1.807, 2.05) is 12.1 Å². The van der Waals surface area contributed by atoms with Gasteiger partial charge in [-0.3, -0.25) is 9.59 Å². The van der Waals surface area contributed by atoms with Crippen molar-refractivity contribution in [2.45, 2.75) is 142 Å². The van der Waals surface area contributed by atoms with E-state index in [-0.39, 0.29) is 11.8 Å². The molecule has 0 radical (unpaired) electrons. The molecule has 0 heterocycles. The first-order valence-corrected chi connectivity index (χ1v) is 18.5. The van der Waals surface area contributed by atoms with Crippen LogP contribution in [0.3, 0.4) is 0 Å². The first kappa shape index (κ1) is 40.1. The SMILES string of the molecule is CCCCCCCCCCCCN(C)CCNC(=O)c1ccccc1C(=O)NCCN(C)CCCCCCCCCCCC. The van der Waals surface area contributed by atoms with Crippen LogP contribution in [0, 0.1) is 0 Å². The van der Waals surface area contributed by atoms with Crippen molar-refractivity contribution in [1.82, 2.24) is 20.4 Å². The molecule has 2 N–H and O–H groups in total. The molecule has 2 amide bonds. The molecule has 6 nitrogen and oxygen atoms in total. The summed E-state index contributed by atoms with van der Waals surface area (Å²) in [7, 11) is 4.24. The number of carbonyl (C=O) groups excluding carboxylic acids is 2. The highest BCUT2D eigenvalue weighted by atomic mass is 16.2. The number of unbranched alkanes of at least 4 members (excludes halogenated alkanes) is 18. The number of benzene rings is 1. The standard InChI is InChI=1S/C38H70N4O2/c1-5-7-9-11-13-15-17-19-21-25-31-41(3)33-29-39-37(43)35-27-23-24-28-36(35)38(44)40-30-34-42(4)32-26-22-20-18-16-14-12-10-8-6-2/h23-24,27-28H,5-22,25-26,29-34H2,1-4H3,(H,39,43)(H,40,44). The molecular formula is C38H70N4O2. The van der Waals surface area contributed by atoms with Crippen molar-refractivity contribution in [2.75, 3.05) is 53.4 Å². The third kappa shape index (κ3) is 21.7. The van der Waals surface area contributed by atoms with E-state index in [0.29, 0.717) is 24.2 Å². The molecule has 1 rings (SSSR count). The minimum atomic E-state index is -0.179. The van der Waals surface area contributed by atoms with Gasteiger partial charge >= 0.3 is 0 Å². The third-order valence-electron chi connectivity index (χ3n) is 8.76. The van der Waals surface area contributed by atoms with E-state index in [1.165, 1.54) is 128 Å². The second-order valence-electron chi connectivity index (χ2n) is 13.0. The molecule has 44 heavy (non-hydrogen) atoms. The van der Waals surface area contributed by atoms with Gasteiger partial charge in [-0.1, -0.05) is 142 Å². The molecule has 0 spiro atoms. The van der Waals surface area contributed by atoms with Crippen LogP contribution in [-0.2, 0) is 0 Å². The van der Waals surface area contributed by atoms with E-state index in [9.17, 15) is 9.59 Å². The minimum absolute atomic E-state index is 0.179. The Morgan fingerprint density at radius 3 is 1.09 bits per heavy atom. The molecule has 0 saturated carbocycles. The summed E-state index contributed by atoms with van der Waals surface area (Å²) >= 11 is 0. The number of likely N-dealkylation sites (N-methyl/N-ethyl adjacent to an activating group) is 2. The molecule has 6 heteroatoms. The van der Waals surface area contributed by atoms with Gasteiger partial charge in [-0.15, -0.1) is 0 Å². The average molecular weight is 615 g/mol. The van der Waals surface area contributed by atoms with Gasteiger partial charge in [-0.05, 0) is 52.2 Å². The highest BCUT2D eigenvalue weighted by Gasteiger charge is 2.16. The van der Waals surface area contributed by atoms with Crippen LogP contribution < -0.4 is 10.6 Å². The lowest BCUT2D eigenvalue weighted by Gasteiger charge is -2.18. The van der Waals surface area contributed by atoms with Crippen LogP contribution in [-0.4, -0.2) is 75.0 Å². The first-order chi connectivity index (χ1) is 21.5. The number of nitrogens with zero attached hydrogens (tertiary/aromatic N) is 2. The normalized spacial score (nSPS) is 11.4. The Bertz CT molecular complexity index is 764. The maximum absolute atomic E-state index is 12.9. The predicted octanol–water partition coefficient (Wildman–Crippen LogP) is 8.85. The van der Waals surface area contributed by atoms with E-state index in [2.05, 4.69) is 48.4 Å². The number of amides is 2. The van der Waals surface area contributed by atoms with Gasteiger partial charge < -0.3 is 20.4 Å². The summed E-state index contributed by atoms with van der Waals surface area (Å²) in [5.74, 6) is -0.359. The van der Waals surface area contributed by atoms with Crippen LogP contribution in [0.4, 0.5) is 0 Å². The summed E-state index contributed by atoms with van der Waals surface area (Å²) in [4.78, 5) is 30.4. The smallest absolute Gasteiger partial charge is 0.252 e. The molecule has 0 bridgehead atoms. The zero-order valence-corrected chi connectivity index (χ0v) is 29.4. The zero-order chi connectivity index (χ0) is 32.1. The summed E-state index contributed by atoms with van der Waals surface area (Å²) in [6.07, 6.45) is 26.9. The minimum Gasteiger partial charge on any atom is -0.351 e. The molecular weight excluding hydrogens is 544 g/mol. The van der Waals surface area contributed by atoms with E-state index in [1.54, 1.807) is 12.1 Å². The van der Waals surface area contributed by atoms with Crippen molar-refractivity contribution in [3.63, 3.8) is 0 Å². The topological polar surface area (TPSA) is 64.7 Å². The van der Waals surface area contributed by atoms with Gasteiger partial charge in [0.2, 0.25) is 0 Å². The third-order valence-corrected chi connectivity index (χ3v) is 8.76. The second-order valence-corrected chi connectivity index (χ2v) is 13.0. The molecule has 0 aliphatic rings. The first-order valence-electron chi connectivity index (χ1n) is 18.5. The Morgan fingerprint density at radius 2 is 0.773 bits per heavy atom. The van der Waals surface area contributed by atoms with Crippen molar-refractivity contribution in [1.29, 1.82) is 0 Å². The van der Waals surface area contributed by atoms with Crippen molar-refractivity contribution in [2.24, 2.45) is 0 Å². The van der Waals surface area contributed by atoms with Crippen molar-refractivity contribution in [3.05, 3.63) is 35.4 Å². The molecule has 1 aromatic rings. The van der Waals surface area contributed by atoms with Crippen molar-refractivity contribution in [3.8, 4) is 0 Å². The van der Waals surface area contributed by atoms with Gasteiger partial charge in [-0.2, -0.15) is 0 Å². The van der Waals surface area contributed by atoms with E-state index >= 15 is 0 Å². The number of carbonyl (C=O) groups is 2. The van der Waals surface area contributed by atoms with E-state index in [4.69, 9.17) is 0 Å². The van der Waals surface area contributed by atoms with Crippen molar-refractivity contribution >= 4 is 11.8 Å². The maximum Gasteiger partial charge on any atom is 0.252 e. The van der Waals surface area contributed by atoms with Gasteiger partial charge in [0.25, 0.3) is 11.8 Å². The molecule has 0 saturated heterocycles. The van der Waals surface area contributed by atoms with E-state index in [0.717, 1.165) is 26.2 Å². The Hall–Kier alpha value is -1.92. The predicted molar refractivity (Wildman–Crippen MR) is 190 cm³/mol. The largest absolute Gasteiger partial charge is 0.351 e. The lowest BCUT2D eigenvalue weighted by Crippen LogP contribution is -2.36. The molecule has 0 unspecified atom stereocenters. The molecule has 254 valence electrons. The van der Waals surface area contributed by atoms with Crippen LogP contribution in [0.1, 0.15) is 163 Å². The Balaban J connectivity index is 2.18. The fraction of sp³-hybridized carbons (Fsp3) is 0.789. The number of nitrogens with one attached hydrogen (secondary N) is 2. The highest BCUT2D eigenvalue weighted by Crippen LogP contribution is 2.12. The zero-order valence-electron chi connectivity index (χ0n) is 29.4. The second kappa shape index (κ2) is 28.5. The Morgan fingerprint density at radius 1 is 0.477 bits per heavy atom. The van der Waals surface area contributed by atoms with Gasteiger partial charge in [0.05, 0.1) is 11.1 Å². The van der Waals surface area contributed by atoms with Gasteiger partial charge in [-0.25, -0.2) is 0 Å². The van der Waals surface area contributed by atoms with Gasteiger partial charge in [0.15, 0.2) is 0 Å². The summed E-state index contributed by atoms with van der Waals surface area (Å²) in [6, 6.07) is 7.14. The van der Waals surface area contributed by atoms with Crippen LogP contribution in [0.2, 0.25) is 0 Å². The summed E-state index contributed by atoms with van der Waals surface area (Å²) in [5, 5.41) is 6.04. The fourth-order valence-corrected chi connectivity index (χ4v) is 5.75. The average Bonchev–Trinajstić information content (AvgIpc) is 3.02. The van der Waals surface area contributed by atoms with E-state index < -0.39 is 0 Å². The van der Waals surface area contributed by atoms with Crippen LogP contribution in [0.25, 0.3) is 0 Å². The number of hydrogen-bond acceptors (Lipinski definition) is 4. The quantitative estimate of drug-likeness (QED) is 0.0850. The number of rotatable bonds is 30. The van der Waals surface area contributed by atoms with Gasteiger partial charge in [0, 0.05) is 26.2 Å². The monoisotopic (exact) mass is 615 g/mol. The summed E-state index contributed by atoms with van der Waals surface area (Å²) in [6.45, 7) is 9.42. The summed E-state index contributed by atoms with van der Waals surface area (Å²) < 4.78 is 0. The van der Waals surface area contributed by atoms with Crippen LogP contribution >= 0.6 is 0 Å². The lowest BCUT2D eigenvalue weighted by molar-refractivity contribution is 0.0915. The summed E-state index contributed by atoms with van der Waals surface area (Å²) in [5.41, 5.74) is 0.891.